The van der Waals surface area contributed by atoms with Crippen molar-refractivity contribution >= 4 is 21.6 Å². The number of hydrogen-bond donors (Lipinski definition) is 1. The maximum Gasteiger partial charge on any atom is 0.250 e. The fourth-order valence-corrected chi connectivity index (χ4v) is 3.74. The summed E-state index contributed by atoms with van der Waals surface area (Å²) in [5.74, 6) is -0.269. The minimum atomic E-state index is -3.54. The van der Waals surface area contributed by atoms with Crippen LogP contribution in [0.2, 0.25) is 0 Å². The van der Waals surface area contributed by atoms with Crippen LogP contribution in [0.4, 0.5) is 5.69 Å². The van der Waals surface area contributed by atoms with E-state index < -0.39 is 10.0 Å². The lowest BCUT2D eigenvalue weighted by molar-refractivity contribution is -0.122. The predicted molar refractivity (Wildman–Crippen MR) is 88.9 cm³/mol. The van der Waals surface area contributed by atoms with Crippen molar-refractivity contribution < 1.29 is 17.9 Å². The number of sulfonamides is 1. The summed E-state index contributed by atoms with van der Waals surface area (Å²) in [4.78, 5) is 12.1. The molecule has 1 fully saturated rings. The Morgan fingerprint density at radius 2 is 1.96 bits per heavy atom. The van der Waals surface area contributed by atoms with Gasteiger partial charge in [-0.2, -0.15) is 0 Å². The predicted octanol–water partition coefficient (Wildman–Crippen LogP) is 2.14. The van der Waals surface area contributed by atoms with Gasteiger partial charge in [-0.1, -0.05) is 18.9 Å². The Labute approximate surface area is 137 Å². The van der Waals surface area contributed by atoms with Gasteiger partial charge in [-0.3, -0.25) is 4.79 Å². The van der Waals surface area contributed by atoms with Crippen LogP contribution in [0.5, 0.6) is 0 Å². The fourth-order valence-electron chi connectivity index (χ4n) is 2.60. The molecule has 7 heteroatoms. The van der Waals surface area contributed by atoms with Gasteiger partial charge in [0.2, 0.25) is 15.9 Å². The molecule has 1 N–H and O–H groups in total. The van der Waals surface area contributed by atoms with Crippen LogP contribution in [-0.4, -0.2) is 45.4 Å². The molecule has 0 heterocycles. The molecule has 1 amide bonds. The Hall–Kier alpha value is -1.44. The van der Waals surface area contributed by atoms with E-state index >= 15 is 0 Å². The minimum Gasteiger partial charge on any atom is -0.368 e. The van der Waals surface area contributed by atoms with E-state index in [0.29, 0.717) is 11.3 Å². The second kappa shape index (κ2) is 7.42. The lowest BCUT2D eigenvalue weighted by Gasteiger charge is -2.15. The van der Waals surface area contributed by atoms with Crippen molar-refractivity contribution in [1.82, 2.24) is 4.31 Å². The van der Waals surface area contributed by atoms with Crippen LogP contribution >= 0.6 is 0 Å². The Morgan fingerprint density at radius 1 is 1.30 bits per heavy atom. The average molecular weight is 340 g/mol. The largest absolute Gasteiger partial charge is 0.368 e. The molecule has 23 heavy (non-hydrogen) atoms. The number of carbonyl (C=O) groups is 1. The summed E-state index contributed by atoms with van der Waals surface area (Å²) in [5, 5.41) is 2.70. The monoisotopic (exact) mass is 340 g/mol. The minimum absolute atomic E-state index is 0.00565. The highest BCUT2D eigenvalue weighted by atomic mass is 32.2. The first-order valence-corrected chi connectivity index (χ1v) is 9.19. The van der Waals surface area contributed by atoms with Crippen molar-refractivity contribution in [1.29, 1.82) is 0 Å². The van der Waals surface area contributed by atoms with E-state index in [-0.39, 0.29) is 23.5 Å². The van der Waals surface area contributed by atoms with Gasteiger partial charge < -0.3 is 10.1 Å². The molecule has 1 aromatic rings. The summed E-state index contributed by atoms with van der Waals surface area (Å²) in [6.07, 6.45) is 4.47. The fraction of sp³-hybridized carbons (Fsp3) is 0.562. The molecule has 0 unspecified atom stereocenters. The van der Waals surface area contributed by atoms with Crippen LogP contribution < -0.4 is 5.32 Å². The highest BCUT2D eigenvalue weighted by molar-refractivity contribution is 7.89. The summed E-state index contributed by atoms with van der Waals surface area (Å²) in [6.45, 7) is 1.72. The molecule has 128 valence electrons. The van der Waals surface area contributed by atoms with Gasteiger partial charge in [-0.25, -0.2) is 12.7 Å². The topological polar surface area (TPSA) is 75.7 Å². The zero-order chi connectivity index (χ0) is 17.0. The normalized spacial score (nSPS) is 16.0. The molecule has 1 aliphatic rings. The second-order valence-electron chi connectivity index (χ2n) is 6.03. The SMILES string of the molecule is Cc1ccc(NC(=O)COC2CCCC2)cc1S(=O)(=O)N(C)C. The molecular weight excluding hydrogens is 316 g/mol. The van der Waals surface area contributed by atoms with Crippen LogP contribution in [0.25, 0.3) is 0 Å². The van der Waals surface area contributed by atoms with Crippen molar-refractivity contribution in [3.63, 3.8) is 0 Å². The molecule has 0 aromatic heterocycles. The Kier molecular flexibility index (Phi) is 5.78. The molecule has 1 aromatic carbocycles. The third-order valence-electron chi connectivity index (χ3n) is 3.98. The molecule has 0 saturated heterocycles. The van der Waals surface area contributed by atoms with Gasteiger partial charge >= 0.3 is 0 Å². The molecule has 0 atom stereocenters. The van der Waals surface area contributed by atoms with Crippen LogP contribution in [-0.2, 0) is 19.6 Å². The number of aryl methyl sites for hydroxylation is 1. The van der Waals surface area contributed by atoms with Crippen LogP contribution in [0.15, 0.2) is 23.1 Å². The smallest absolute Gasteiger partial charge is 0.250 e. The van der Waals surface area contributed by atoms with Gasteiger partial charge in [-0.15, -0.1) is 0 Å². The van der Waals surface area contributed by atoms with Gasteiger partial charge in [0, 0.05) is 19.8 Å². The van der Waals surface area contributed by atoms with Crippen molar-refractivity contribution in [2.45, 2.75) is 43.6 Å². The molecule has 0 radical (unpaired) electrons. The number of hydrogen-bond acceptors (Lipinski definition) is 4. The Balaban J connectivity index is 2.04. The number of rotatable bonds is 6. The first kappa shape index (κ1) is 17.9. The molecule has 0 bridgehead atoms. The van der Waals surface area contributed by atoms with E-state index in [2.05, 4.69) is 5.32 Å². The van der Waals surface area contributed by atoms with Gasteiger partial charge in [0.15, 0.2) is 0 Å². The lowest BCUT2D eigenvalue weighted by Crippen LogP contribution is -2.24. The van der Waals surface area contributed by atoms with Crippen LogP contribution in [0.3, 0.4) is 0 Å². The maximum atomic E-state index is 12.3. The summed E-state index contributed by atoms with van der Waals surface area (Å²) in [7, 11) is -0.577. The number of nitrogens with zero attached hydrogens (tertiary/aromatic N) is 1. The molecule has 0 aliphatic heterocycles. The number of anilines is 1. The number of ether oxygens (including phenoxy) is 1. The van der Waals surface area contributed by atoms with E-state index in [4.69, 9.17) is 4.74 Å². The van der Waals surface area contributed by atoms with Gasteiger partial charge in [0.05, 0.1) is 11.0 Å². The van der Waals surface area contributed by atoms with Crippen molar-refractivity contribution in [3.8, 4) is 0 Å². The van der Waals surface area contributed by atoms with Gasteiger partial charge in [-0.05, 0) is 37.5 Å². The molecular formula is C16H24N2O4S. The Bertz CT molecular complexity index is 665. The average Bonchev–Trinajstić information content (AvgIpc) is 3.00. The molecule has 0 spiro atoms. The van der Waals surface area contributed by atoms with Crippen molar-refractivity contribution in [2.24, 2.45) is 0 Å². The summed E-state index contributed by atoms with van der Waals surface area (Å²) < 4.78 is 31.3. The van der Waals surface area contributed by atoms with E-state index in [1.807, 2.05) is 0 Å². The highest BCUT2D eigenvalue weighted by Gasteiger charge is 2.21. The first-order valence-electron chi connectivity index (χ1n) is 7.75. The lowest BCUT2D eigenvalue weighted by atomic mass is 10.2. The van der Waals surface area contributed by atoms with Crippen molar-refractivity contribution in [3.05, 3.63) is 23.8 Å². The van der Waals surface area contributed by atoms with Gasteiger partial charge in [0.1, 0.15) is 6.61 Å². The quantitative estimate of drug-likeness (QED) is 0.861. The maximum absolute atomic E-state index is 12.3. The summed E-state index contributed by atoms with van der Waals surface area (Å²) in [5.41, 5.74) is 1.09. The molecule has 6 nitrogen and oxygen atoms in total. The molecule has 1 aliphatic carbocycles. The molecule has 1 saturated carbocycles. The number of benzene rings is 1. The van der Waals surface area contributed by atoms with E-state index in [1.54, 1.807) is 19.1 Å². The van der Waals surface area contributed by atoms with E-state index in [9.17, 15) is 13.2 Å². The van der Waals surface area contributed by atoms with Crippen LogP contribution in [0, 0.1) is 6.92 Å². The second-order valence-corrected chi connectivity index (χ2v) is 8.15. The van der Waals surface area contributed by atoms with E-state index in [0.717, 1.165) is 30.0 Å². The zero-order valence-corrected chi connectivity index (χ0v) is 14.6. The van der Waals surface area contributed by atoms with Crippen molar-refractivity contribution in [2.75, 3.05) is 26.0 Å². The zero-order valence-electron chi connectivity index (χ0n) is 13.8. The Morgan fingerprint density at radius 3 is 2.57 bits per heavy atom. The third kappa shape index (κ3) is 4.53. The van der Waals surface area contributed by atoms with E-state index in [1.165, 1.54) is 20.2 Å². The number of amides is 1. The third-order valence-corrected chi connectivity index (χ3v) is 5.94. The summed E-state index contributed by atoms with van der Waals surface area (Å²) >= 11 is 0. The van der Waals surface area contributed by atoms with Gasteiger partial charge in [0.25, 0.3) is 0 Å². The first-order chi connectivity index (χ1) is 10.8. The highest BCUT2D eigenvalue weighted by Crippen LogP contribution is 2.23. The number of carbonyl (C=O) groups excluding carboxylic acids is 1. The summed E-state index contributed by atoms with van der Waals surface area (Å²) in [6, 6.07) is 4.86. The van der Waals surface area contributed by atoms with Crippen LogP contribution in [0.1, 0.15) is 31.2 Å². The molecule has 2 rings (SSSR count). The number of nitrogens with one attached hydrogen (secondary N) is 1. The standard InChI is InChI=1S/C16H24N2O4S/c1-12-8-9-13(10-15(12)23(20,21)18(2)3)17-16(19)11-22-14-6-4-5-7-14/h8-10,14H,4-7,11H2,1-3H3,(H,17,19).